The highest BCUT2D eigenvalue weighted by molar-refractivity contribution is 6.09. The maximum Gasteiger partial charge on any atom is 0.266 e. The minimum Gasteiger partial charge on any atom is -0.494 e. The molecule has 1 N–H and O–H groups in total. The van der Waals surface area contributed by atoms with Crippen molar-refractivity contribution in [1.82, 2.24) is 4.57 Å². The van der Waals surface area contributed by atoms with Crippen molar-refractivity contribution in [2.45, 2.75) is 34.6 Å². The summed E-state index contributed by atoms with van der Waals surface area (Å²) in [5, 5.41) is 12.4. The molecule has 1 heterocycles. The van der Waals surface area contributed by atoms with Crippen LogP contribution in [0.4, 0.5) is 5.69 Å². The number of nitriles is 1. The summed E-state index contributed by atoms with van der Waals surface area (Å²) in [5.74, 6) is 0.291. The predicted molar refractivity (Wildman–Crippen MR) is 125 cm³/mol. The monoisotopic (exact) mass is 413 g/mol. The largest absolute Gasteiger partial charge is 0.494 e. The second-order valence-electron chi connectivity index (χ2n) is 7.48. The fourth-order valence-electron chi connectivity index (χ4n) is 3.74. The van der Waals surface area contributed by atoms with Crippen molar-refractivity contribution in [3.8, 4) is 17.5 Å². The van der Waals surface area contributed by atoms with E-state index in [1.54, 1.807) is 30.3 Å². The molecule has 0 saturated carbocycles. The van der Waals surface area contributed by atoms with Gasteiger partial charge in [0.25, 0.3) is 5.91 Å². The summed E-state index contributed by atoms with van der Waals surface area (Å²) in [6, 6.07) is 17.3. The third-order valence-corrected chi connectivity index (χ3v) is 5.22. The Labute approximate surface area is 183 Å². The van der Waals surface area contributed by atoms with Gasteiger partial charge in [-0.15, -0.1) is 0 Å². The minimum absolute atomic E-state index is 0.0515. The number of benzene rings is 2. The normalized spacial score (nSPS) is 11.2. The molecule has 0 radical (unpaired) electrons. The second kappa shape index (κ2) is 9.36. The van der Waals surface area contributed by atoms with Gasteiger partial charge in [0.2, 0.25) is 0 Å². The molecule has 0 aliphatic carbocycles. The van der Waals surface area contributed by atoms with Crippen LogP contribution in [0.5, 0.6) is 5.75 Å². The van der Waals surface area contributed by atoms with E-state index in [1.165, 1.54) is 11.1 Å². The molecule has 0 aliphatic rings. The molecule has 0 fully saturated rings. The number of para-hydroxylation sites is 1. The third-order valence-electron chi connectivity index (χ3n) is 5.22. The summed E-state index contributed by atoms with van der Waals surface area (Å²) in [5.41, 5.74) is 7.01. The second-order valence-corrected chi connectivity index (χ2v) is 7.48. The zero-order valence-corrected chi connectivity index (χ0v) is 18.6. The number of hydrogen-bond donors (Lipinski definition) is 1. The number of carbonyl (C=O) groups is 1. The molecular formula is C26H27N3O2. The zero-order valence-electron chi connectivity index (χ0n) is 18.6. The fraction of sp³-hybridized carbons (Fsp3) is 0.231. The average Bonchev–Trinajstić information content (AvgIpc) is 3.01. The highest BCUT2D eigenvalue weighted by atomic mass is 16.5. The van der Waals surface area contributed by atoms with Gasteiger partial charge in [0.05, 0.1) is 12.3 Å². The Hall–Kier alpha value is -3.78. The van der Waals surface area contributed by atoms with E-state index in [9.17, 15) is 10.1 Å². The van der Waals surface area contributed by atoms with Gasteiger partial charge in [0.15, 0.2) is 0 Å². The maximum absolute atomic E-state index is 12.7. The molecule has 5 heteroatoms. The lowest BCUT2D eigenvalue weighted by atomic mass is 10.1. The number of aryl methyl sites for hydroxylation is 3. The van der Waals surface area contributed by atoms with E-state index in [-0.39, 0.29) is 5.57 Å². The van der Waals surface area contributed by atoms with E-state index in [0.29, 0.717) is 12.3 Å². The van der Waals surface area contributed by atoms with Gasteiger partial charge >= 0.3 is 0 Å². The lowest BCUT2D eigenvalue weighted by Crippen LogP contribution is -2.13. The molecule has 3 aromatic rings. The van der Waals surface area contributed by atoms with Crippen molar-refractivity contribution in [3.63, 3.8) is 0 Å². The summed E-state index contributed by atoms with van der Waals surface area (Å²) in [7, 11) is 0. The lowest BCUT2D eigenvalue weighted by molar-refractivity contribution is -0.112. The first kappa shape index (κ1) is 21.9. The molecule has 158 valence electrons. The molecule has 0 spiro atoms. The highest BCUT2D eigenvalue weighted by Gasteiger charge is 2.16. The van der Waals surface area contributed by atoms with Crippen LogP contribution in [0.3, 0.4) is 0 Å². The molecular weight excluding hydrogens is 386 g/mol. The van der Waals surface area contributed by atoms with Crippen LogP contribution in [0.25, 0.3) is 11.8 Å². The first-order chi connectivity index (χ1) is 14.8. The number of nitrogens with one attached hydrogen (secondary N) is 1. The molecule has 1 aromatic heterocycles. The Morgan fingerprint density at radius 2 is 1.74 bits per heavy atom. The van der Waals surface area contributed by atoms with Crippen LogP contribution in [-0.2, 0) is 4.79 Å². The number of hydrogen-bond acceptors (Lipinski definition) is 3. The first-order valence-corrected chi connectivity index (χ1v) is 10.3. The van der Waals surface area contributed by atoms with Crippen LogP contribution in [-0.4, -0.2) is 17.1 Å². The molecule has 1 amide bonds. The predicted octanol–water partition coefficient (Wildman–Crippen LogP) is 5.66. The standard InChI is InChI=1S/C26H27N3O2/c1-6-31-24-12-10-23(11-13-24)28-26(30)22(16-27)15-21-14-19(4)29(20(21)5)25-17(2)8-7-9-18(25)3/h7-15H,6H2,1-5H3,(H,28,30)/b22-15-. The summed E-state index contributed by atoms with van der Waals surface area (Å²) in [6.45, 7) is 10.7. The fourth-order valence-corrected chi connectivity index (χ4v) is 3.74. The van der Waals surface area contributed by atoms with E-state index < -0.39 is 5.91 Å². The Morgan fingerprint density at radius 1 is 1.10 bits per heavy atom. The van der Waals surface area contributed by atoms with Crippen LogP contribution >= 0.6 is 0 Å². The van der Waals surface area contributed by atoms with Crippen LogP contribution in [0.1, 0.15) is 35.0 Å². The molecule has 0 atom stereocenters. The molecule has 3 rings (SSSR count). The van der Waals surface area contributed by atoms with Gasteiger partial charge in [-0.05, 0) is 87.7 Å². The topological polar surface area (TPSA) is 67.0 Å². The SMILES string of the molecule is CCOc1ccc(NC(=O)/C(C#N)=C\c2cc(C)n(-c3c(C)cccc3C)c2C)cc1. The number of rotatable bonds is 6. The Morgan fingerprint density at radius 3 is 2.32 bits per heavy atom. The minimum atomic E-state index is -0.441. The Bertz CT molecular complexity index is 1160. The van der Waals surface area contributed by atoms with E-state index in [2.05, 4.69) is 35.9 Å². The smallest absolute Gasteiger partial charge is 0.266 e. The van der Waals surface area contributed by atoms with Crippen LogP contribution in [0, 0.1) is 39.0 Å². The summed E-state index contributed by atoms with van der Waals surface area (Å²) in [4.78, 5) is 12.7. The number of carbonyl (C=O) groups excluding carboxylic acids is 1. The molecule has 0 bridgehead atoms. The number of nitrogens with zero attached hydrogens (tertiary/aromatic N) is 2. The van der Waals surface area contributed by atoms with Crippen molar-refractivity contribution in [3.05, 3.63) is 82.2 Å². The van der Waals surface area contributed by atoms with Crippen LogP contribution in [0.15, 0.2) is 54.1 Å². The molecule has 0 aliphatic heterocycles. The third kappa shape index (κ3) is 4.70. The number of anilines is 1. The Balaban J connectivity index is 1.91. The van der Waals surface area contributed by atoms with Crippen molar-refractivity contribution < 1.29 is 9.53 Å². The van der Waals surface area contributed by atoms with Crippen molar-refractivity contribution in [2.24, 2.45) is 0 Å². The van der Waals surface area contributed by atoms with Gasteiger partial charge in [-0.25, -0.2) is 0 Å². The average molecular weight is 414 g/mol. The lowest BCUT2D eigenvalue weighted by Gasteiger charge is -2.15. The number of aromatic nitrogens is 1. The van der Waals surface area contributed by atoms with E-state index >= 15 is 0 Å². The molecule has 2 aromatic carbocycles. The molecule has 31 heavy (non-hydrogen) atoms. The molecule has 5 nitrogen and oxygen atoms in total. The molecule has 0 unspecified atom stereocenters. The van der Waals surface area contributed by atoms with Gasteiger partial charge in [0.1, 0.15) is 17.4 Å². The Kier molecular flexibility index (Phi) is 6.61. The van der Waals surface area contributed by atoms with Gasteiger partial charge in [-0.2, -0.15) is 5.26 Å². The van der Waals surface area contributed by atoms with Crippen molar-refractivity contribution >= 4 is 17.7 Å². The maximum atomic E-state index is 12.7. The summed E-state index contributed by atoms with van der Waals surface area (Å²) in [6.07, 6.45) is 1.65. The number of ether oxygens (including phenoxy) is 1. The molecule has 0 saturated heterocycles. The van der Waals surface area contributed by atoms with E-state index in [1.807, 2.05) is 39.0 Å². The summed E-state index contributed by atoms with van der Waals surface area (Å²) >= 11 is 0. The van der Waals surface area contributed by atoms with E-state index in [0.717, 1.165) is 28.4 Å². The number of amides is 1. The van der Waals surface area contributed by atoms with Crippen LogP contribution < -0.4 is 10.1 Å². The van der Waals surface area contributed by atoms with Crippen molar-refractivity contribution in [1.29, 1.82) is 5.26 Å². The van der Waals surface area contributed by atoms with Gasteiger partial charge in [-0.1, -0.05) is 18.2 Å². The first-order valence-electron chi connectivity index (χ1n) is 10.3. The quantitative estimate of drug-likeness (QED) is 0.419. The van der Waals surface area contributed by atoms with E-state index in [4.69, 9.17) is 4.74 Å². The van der Waals surface area contributed by atoms with Gasteiger partial charge < -0.3 is 14.6 Å². The van der Waals surface area contributed by atoms with Crippen LogP contribution in [0.2, 0.25) is 0 Å². The summed E-state index contributed by atoms with van der Waals surface area (Å²) < 4.78 is 7.59. The van der Waals surface area contributed by atoms with Gasteiger partial charge in [0, 0.05) is 17.1 Å². The highest BCUT2D eigenvalue weighted by Crippen LogP contribution is 2.27. The van der Waals surface area contributed by atoms with Gasteiger partial charge in [-0.3, -0.25) is 4.79 Å². The van der Waals surface area contributed by atoms with Crippen molar-refractivity contribution in [2.75, 3.05) is 11.9 Å². The zero-order chi connectivity index (χ0) is 22.5.